The maximum Gasteiger partial charge on any atom is 0.126 e. The van der Waals surface area contributed by atoms with Gasteiger partial charge in [-0.3, -0.25) is 0 Å². The lowest BCUT2D eigenvalue weighted by Gasteiger charge is -2.05. The Labute approximate surface area is 91.1 Å². The van der Waals surface area contributed by atoms with Crippen molar-refractivity contribution < 1.29 is 0 Å². The van der Waals surface area contributed by atoms with Crippen molar-refractivity contribution in [1.29, 1.82) is 0 Å². The zero-order valence-electron chi connectivity index (χ0n) is 8.38. The first kappa shape index (κ1) is 8.84. The molecule has 0 bridgehead atoms. The van der Waals surface area contributed by atoms with Crippen LogP contribution in [-0.2, 0) is 0 Å². The fourth-order valence-corrected chi connectivity index (χ4v) is 1.79. The first-order valence-electron chi connectivity index (χ1n) is 4.80. The number of hydrogen-bond acceptors (Lipinski definition) is 5. The Morgan fingerprint density at radius 1 is 1.06 bits per heavy atom. The van der Waals surface area contributed by atoms with Crippen molar-refractivity contribution in [3.63, 3.8) is 0 Å². The molecule has 5 heteroatoms. The highest BCUT2D eigenvalue weighted by molar-refractivity contribution is 6.07. The number of nitrogens with zero attached hydrogens (tertiary/aromatic N) is 3. The molecule has 0 spiro atoms. The van der Waals surface area contributed by atoms with Gasteiger partial charge >= 0.3 is 0 Å². The Morgan fingerprint density at radius 2 is 1.94 bits per heavy atom. The van der Waals surface area contributed by atoms with E-state index in [1.165, 1.54) is 6.33 Å². The second-order valence-corrected chi connectivity index (χ2v) is 3.55. The summed E-state index contributed by atoms with van der Waals surface area (Å²) < 4.78 is 0. The third kappa shape index (κ3) is 1.15. The van der Waals surface area contributed by atoms with Gasteiger partial charge in [0.2, 0.25) is 0 Å². The topological polar surface area (TPSA) is 90.7 Å². The number of nitrogens with two attached hydrogens (primary N) is 2. The SMILES string of the molecule is Nc1cc(N)c2ccc3ncncc3c2n1. The first-order chi connectivity index (χ1) is 7.75. The van der Waals surface area contributed by atoms with Crippen molar-refractivity contribution >= 4 is 33.3 Å². The Morgan fingerprint density at radius 3 is 2.81 bits per heavy atom. The van der Waals surface area contributed by atoms with Crippen LogP contribution in [0.3, 0.4) is 0 Å². The molecule has 4 N–H and O–H groups in total. The number of fused-ring (bicyclic) bond motifs is 3. The molecule has 3 aromatic rings. The Bertz CT molecular complexity index is 692. The van der Waals surface area contributed by atoms with Crippen LogP contribution in [-0.4, -0.2) is 15.0 Å². The highest BCUT2D eigenvalue weighted by Gasteiger charge is 2.06. The van der Waals surface area contributed by atoms with Crippen LogP contribution in [0, 0.1) is 0 Å². The Balaban J connectivity index is 2.59. The quantitative estimate of drug-likeness (QED) is 0.547. The molecule has 0 fully saturated rings. The molecular formula is C11H9N5. The summed E-state index contributed by atoms with van der Waals surface area (Å²) in [6, 6.07) is 5.44. The summed E-state index contributed by atoms with van der Waals surface area (Å²) in [5.74, 6) is 0.404. The molecule has 0 saturated heterocycles. The first-order valence-corrected chi connectivity index (χ1v) is 4.80. The van der Waals surface area contributed by atoms with Crippen LogP contribution < -0.4 is 11.5 Å². The molecule has 0 aliphatic rings. The molecule has 0 amide bonds. The zero-order chi connectivity index (χ0) is 11.1. The van der Waals surface area contributed by atoms with E-state index in [1.807, 2.05) is 12.1 Å². The number of aromatic nitrogens is 3. The maximum atomic E-state index is 5.89. The minimum absolute atomic E-state index is 0.404. The molecule has 3 rings (SSSR count). The smallest absolute Gasteiger partial charge is 0.126 e. The average Bonchev–Trinajstić information content (AvgIpc) is 2.28. The molecule has 2 aromatic heterocycles. The van der Waals surface area contributed by atoms with Gasteiger partial charge in [-0.2, -0.15) is 0 Å². The van der Waals surface area contributed by atoms with Gasteiger partial charge in [-0.15, -0.1) is 0 Å². The second kappa shape index (κ2) is 3.03. The summed E-state index contributed by atoms with van der Waals surface area (Å²) >= 11 is 0. The van der Waals surface area contributed by atoms with Crippen molar-refractivity contribution in [1.82, 2.24) is 15.0 Å². The van der Waals surface area contributed by atoms with Crippen LogP contribution in [0.5, 0.6) is 0 Å². The maximum absolute atomic E-state index is 5.89. The molecular weight excluding hydrogens is 202 g/mol. The van der Waals surface area contributed by atoms with E-state index in [-0.39, 0.29) is 0 Å². The minimum atomic E-state index is 0.404. The zero-order valence-corrected chi connectivity index (χ0v) is 8.38. The number of anilines is 2. The minimum Gasteiger partial charge on any atom is -0.398 e. The summed E-state index contributed by atoms with van der Waals surface area (Å²) in [4.78, 5) is 12.4. The lowest BCUT2D eigenvalue weighted by Crippen LogP contribution is -1.96. The number of pyridine rings is 1. The summed E-state index contributed by atoms with van der Waals surface area (Å²) in [5.41, 5.74) is 13.8. The molecule has 0 aliphatic carbocycles. The van der Waals surface area contributed by atoms with Crippen LogP contribution in [0.25, 0.3) is 21.8 Å². The largest absolute Gasteiger partial charge is 0.398 e. The third-order valence-corrected chi connectivity index (χ3v) is 2.52. The summed E-state index contributed by atoms with van der Waals surface area (Å²) in [6.07, 6.45) is 3.22. The lowest BCUT2D eigenvalue weighted by atomic mass is 10.1. The van der Waals surface area contributed by atoms with E-state index in [0.29, 0.717) is 11.5 Å². The predicted molar refractivity (Wildman–Crippen MR) is 63.7 cm³/mol. The second-order valence-electron chi connectivity index (χ2n) is 3.55. The Hall–Kier alpha value is -2.43. The van der Waals surface area contributed by atoms with Gasteiger partial charge in [0.25, 0.3) is 0 Å². The van der Waals surface area contributed by atoms with Crippen molar-refractivity contribution in [2.24, 2.45) is 0 Å². The predicted octanol–water partition coefficient (Wildman–Crippen LogP) is 1.34. The lowest BCUT2D eigenvalue weighted by molar-refractivity contribution is 1.22. The number of nitrogen functional groups attached to an aromatic ring is 2. The molecule has 1 aromatic carbocycles. The van der Waals surface area contributed by atoms with Crippen molar-refractivity contribution in [2.75, 3.05) is 11.5 Å². The van der Waals surface area contributed by atoms with Crippen molar-refractivity contribution in [2.45, 2.75) is 0 Å². The standard InChI is InChI=1S/C11H9N5/c12-8-3-10(13)16-11-6(8)1-2-9-7(11)4-14-5-15-9/h1-5H,(H4,12,13,16). The van der Waals surface area contributed by atoms with Gasteiger partial charge in [0.1, 0.15) is 12.1 Å². The van der Waals surface area contributed by atoms with Gasteiger partial charge in [-0.1, -0.05) is 0 Å². The monoisotopic (exact) mass is 211 g/mol. The van der Waals surface area contributed by atoms with E-state index in [0.717, 1.165) is 21.8 Å². The fraction of sp³-hybridized carbons (Fsp3) is 0. The van der Waals surface area contributed by atoms with Gasteiger partial charge in [0, 0.05) is 28.7 Å². The van der Waals surface area contributed by atoms with E-state index >= 15 is 0 Å². The van der Waals surface area contributed by atoms with E-state index in [4.69, 9.17) is 11.5 Å². The molecule has 78 valence electrons. The number of benzene rings is 1. The molecule has 0 unspecified atom stereocenters. The van der Waals surface area contributed by atoms with Crippen LogP contribution in [0.2, 0.25) is 0 Å². The highest BCUT2D eigenvalue weighted by atomic mass is 14.9. The van der Waals surface area contributed by atoms with E-state index in [1.54, 1.807) is 12.3 Å². The molecule has 0 aliphatic heterocycles. The molecule has 2 heterocycles. The molecule has 16 heavy (non-hydrogen) atoms. The van der Waals surface area contributed by atoms with Crippen LogP contribution in [0.15, 0.2) is 30.7 Å². The van der Waals surface area contributed by atoms with E-state index < -0.39 is 0 Å². The van der Waals surface area contributed by atoms with E-state index in [2.05, 4.69) is 15.0 Å². The Kier molecular flexibility index (Phi) is 1.67. The van der Waals surface area contributed by atoms with Gasteiger partial charge in [-0.25, -0.2) is 15.0 Å². The molecule has 0 radical (unpaired) electrons. The normalized spacial score (nSPS) is 11.0. The van der Waals surface area contributed by atoms with Crippen molar-refractivity contribution in [3.8, 4) is 0 Å². The van der Waals surface area contributed by atoms with Gasteiger partial charge in [0.15, 0.2) is 0 Å². The summed E-state index contributed by atoms with van der Waals surface area (Å²) in [6.45, 7) is 0. The number of hydrogen-bond donors (Lipinski definition) is 2. The fourth-order valence-electron chi connectivity index (χ4n) is 1.79. The average molecular weight is 211 g/mol. The number of rotatable bonds is 0. The summed E-state index contributed by atoms with van der Waals surface area (Å²) in [5, 5.41) is 1.73. The van der Waals surface area contributed by atoms with Gasteiger partial charge < -0.3 is 11.5 Å². The molecule has 5 nitrogen and oxygen atoms in total. The van der Waals surface area contributed by atoms with E-state index in [9.17, 15) is 0 Å². The third-order valence-electron chi connectivity index (χ3n) is 2.52. The molecule has 0 saturated carbocycles. The highest BCUT2D eigenvalue weighted by Crippen LogP contribution is 2.27. The van der Waals surface area contributed by atoms with Crippen LogP contribution in [0.4, 0.5) is 11.5 Å². The van der Waals surface area contributed by atoms with Crippen LogP contribution in [0.1, 0.15) is 0 Å². The van der Waals surface area contributed by atoms with Gasteiger partial charge in [0.05, 0.1) is 11.0 Å². The van der Waals surface area contributed by atoms with Crippen molar-refractivity contribution in [3.05, 3.63) is 30.7 Å². The van der Waals surface area contributed by atoms with Gasteiger partial charge in [-0.05, 0) is 12.1 Å². The van der Waals surface area contributed by atoms with Crippen LogP contribution >= 0.6 is 0 Å². The molecule has 0 atom stereocenters. The summed E-state index contributed by atoms with van der Waals surface area (Å²) in [7, 11) is 0.